The average Bonchev–Trinajstić information content (AvgIpc) is 2.99. The number of amides is 1. The summed E-state index contributed by atoms with van der Waals surface area (Å²) in [6, 6.07) is 12.0. The van der Waals surface area contributed by atoms with Crippen molar-refractivity contribution in [3.8, 4) is 6.07 Å². The van der Waals surface area contributed by atoms with Gasteiger partial charge in [0.05, 0.1) is 11.3 Å². The van der Waals surface area contributed by atoms with Gasteiger partial charge in [-0.3, -0.25) is 4.79 Å². The number of para-hydroxylation sites is 1. The molecule has 0 radical (unpaired) electrons. The number of nitrogens with zero attached hydrogens (tertiary/aromatic N) is 2. The molecule has 0 bridgehead atoms. The van der Waals surface area contributed by atoms with Crippen LogP contribution in [0.15, 0.2) is 40.6 Å². The highest BCUT2D eigenvalue weighted by molar-refractivity contribution is 7.91. The number of sulfonamides is 1. The fourth-order valence-electron chi connectivity index (χ4n) is 2.17. The number of aryl methyl sites for hydroxylation is 1. The van der Waals surface area contributed by atoms with Crippen molar-refractivity contribution >= 4 is 33.0 Å². The Morgan fingerprint density at radius 2 is 2.00 bits per heavy atom. The maximum atomic E-state index is 12.2. The summed E-state index contributed by atoms with van der Waals surface area (Å²) in [5.41, 5.74) is 0.836. The predicted molar refractivity (Wildman–Crippen MR) is 93.4 cm³/mol. The summed E-state index contributed by atoms with van der Waals surface area (Å²) in [5.74, 6) is -0.260. The lowest BCUT2D eigenvalue weighted by Gasteiger charge is -2.22. The summed E-state index contributed by atoms with van der Waals surface area (Å²) in [5, 5.41) is 9.16. The van der Waals surface area contributed by atoms with Crippen molar-refractivity contribution in [3.05, 3.63) is 46.8 Å². The Kier molecular flexibility index (Phi) is 5.72. The molecular formula is C16H17N3O3S2. The molecule has 6 nitrogen and oxygen atoms in total. The van der Waals surface area contributed by atoms with Crippen molar-refractivity contribution in [1.29, 1.82) is 5.26 Å². The summed E-state index contributed by atoms with van der Waals surface area (Å²) in [4.78, 5) is 14.2. The van der Waals surface area contributed by atoms with Crippen molar-refractivity contribution in [1.82, 2.24) is 4.72 Å². The van der Waals surface area contributed by atoms with Gasteiger partial charge in [0.15, 0.2) is 0 Å². The van der Waals surface area contributed by atoms with Crippen molar-refractivity contribution in [3.63, 3.8) is 0 Å². The first-order valence-corrected chi connectivity index (χ1v) is 9.48. The van der Waals surface area contributed by atoms with Gasteiger partial charge in [-0.15, -0.1) is 11.3 Å². The van der Waals surface area contributed by atoms with Crippen molar-refractivity contribution in [2.24, 2.45) is 0 Å². The molecule has 0 saturated heterocycles. The van der Waals surface area contributed by atoms with Crippen LogP contribution >= 0.6 is 11.3 Å². The summed E-state index contributed by atoms with van der Waals surface area (Å²) in [6.45, 7) is 3.40. The zero-order valence-corrected chi connectivity index (χ0v) is 14.9. The van der Waals surface area contributed by atoms with Gasteiger partial charge in [0, 0.05) is 24.9 Å². The number of carbonyl (C=O) groups excluding carboxylic acids is 1. The molecule has 1 amide bonds. The van der Waals surface area contributed by atoms with Crippen LogP contribution in [0.25, 0.3) is 0 Å². The van der Waals surface area contributed by atoms with E-state index in [1.165, 1.54) is 23.2 Å². The van der Waals surface area contributed by atoms with E-state index in [9.17, 15) is 13.2 Å². The normalized spacial score (nSPS) is 11.0. The number of nitrogens with one attached hydrogen (secondary N) is 1. The molecule has 1 N–H and O–H groups in total. The maximum absolute atomic E-state index is 12.2. The zero-order chi connectivity index (χ0) is 17.7. The van der Waals surface area contributed by atoms with Gasteiger partial charge in [0.1, 0.15) is 10.3 Å². The summed E-state index contributed by atoms with van der Waals surface area (Å²) >= 11 is 1.19. The largest absolute Gasteiger partial charge is 0.310 e. The average molecular weight is 363 g/mol. The van der Waals surface area contributed by atoms with Gasteiger partial charge in [0.2, 0.25) is 15.9 Å². The van der Waals surface area contributed by atoms with E-state index in [2.05, 4.69) is 4.72 Å². The van der Waals surface area contributed by atoms with Crippen LogP contribution in [0, 0.1) is 18.3 Å². The Hall–Kier alpha value is -2.21. The number of nitriles is 1. The number of thiophene rings is 1. The number of hydrogen-bond donors (Lipinski definition) is 1. The molecule has 1 aromatic carbocycles. The third-order valence-electron chi connectivity index (χ3n) is 3.30. The molecule has 0 spiro atoms. The molecular weight excluding hydrogens is 346 g/mol. The second-order valence-electron chi connectivity index (χ2n) is 5.06. The van der Waals surface area contributed by atoms with E-state index in [1.54, 1.807) is 36.4 Å². The van der Waals surface area contributed by atoms with Crippen molar-refractivity contribution in [2.75, 3.05) is 18.0 Å². The first kappa shape index (κ1) is 18.1. The van der Waals surface area contributed by atoms with E-state index in [0.29, 0.717) is 11.3 Å². The molecule has 0 aliphatic carbocycles. The highest BCUT2D eigenvalue weighted by atomic mass is 32.2. The van der Waals surface area contributed by atoms with Gasteiger partial charge < -0.3 is 4.90 Å². The fourth-order valence-corrected chi connectivity index (χ4v) is 4.52. The van der Waals surface area contributed by atoms with Gasteiger partial charge in [-0.2, -0.15) is 5.26 Å². The van der Waals surface area contributed by atoms with Gasteiger partial charge in [-0.1, -0.05) is 12.1 Å². The predicted octanol–water partition coefficient (Wildman–Crippen LogP) is 2.26. The molecule has 0 saturated carbocycles. The van der Waals surface area contributed by atoms with Crippen LogP contribution in [0.4, 0.5) is 5.69 Å². The van der Waals surface area contributed by atoms with Crippen molar-refractivity contribution < 1.29 is 13.2 Å². The Morgan fingerprint density at radius 1 is 1.29 bits per heavy atom. The topological polar surface area (TPSA) is 90.3 Å². The lowest BCUT2D eigenvalue weighted by atomic mass is 10.1. The van der Waals surface area contributed by atoms with Crippen LogP contribution in [0.1, 0.15) is 17.4 Å². The smallest absolute Gasteiger partial charge is 0.250 e. The van der Waals surface area contributed by atoms with E-state index in [0.717, 1.165) is 4.88 Å². The quantitative estimate of drug-likeness (QED) is 0.852. The first-order chi connectivity index (χ1) is 11.3. The molecule has 0 unspecified atom stereocenters. The van der Waals surface area contributed by atoms with Crippen LogP contribution in [-0.4, -0.2) is 27.4 Å². The Labute approximate surface area is 145 Å². The van der Waals surface area contributed by atoms with E-state index >= 15 is 0 Å². The van der Waals surface area contributed by atoms with Crippen LogP contribution in [0.2, 0.25) is 0 Å². The minimum Gasteiger partial charge on any atom is -0.310 e. The van der Waals surface area contributed by atoms with Crippen LogP contribution in [0.3, 0.4) is 0 Å². The van der Waals surface area contributed by atoms with Gasteiger partial charge >= 0.3 is 0 Å². The second-order valence-corrected chi connectivity index (χ2v) is 8.34. The maximum Gasteiger partial charge on any atom is 0.250 e. The van der Waals surface area contributed by atoms with Crippen LogP contribution in [0.5, 0.6) is 0 Å². The molecule has 24 heavy (non-hydrogen) atoms. The van der Waals surface area contributed by atoms with Crippen molar-refractivity contribution in [2.45, 2.75) is 18.1 Å². The van der Waals surface area contributed by atoms with E-state index in [-0.39, 0.29) is 23.2 Å². The molecule has 2 aromatic rings. The lowest BCUT2D eigenvalue weighted by Crippen LogP contribution is -2.37. The third-order valence-corrected chi connectivity index (χ3v) is 6.26. The molecule has 8 heteroatoms. The number of carbonyl (C=O) groups is 1. The minimum absolute atomic E-state index is 0.0542. The van der Waals surface area contributed by atoms with E-state index in [4.69, 9.17) is 5.26 Å². The highest BCUT2D eigenvalue weighted by Crippen LogP contribution is 2.21. The SMILES string of the molecule is CC(=O)N(CCNS(=O)(=O)c1ccc(C)s1)c1ccccc1C#N. The number of hydrogen-bond acceptors (Lipinski definition) is 5. The number of anilines is 1. The molecule has 0 atom stereocenters. The van der Waals surface area contributed by atoms with Gasteiger partial charge in [-0.05, 0) is 31.2 Å². The van der Waals surface area contributed by atoms with Gasteiger partial charge in [0.25, 0.3) is 0 Å². The summed E-state index contributed by atoms with van der Waals surface area (Å²) in [6.07, 6.45) is 0. The molecule has 1 heterocycles. The molecule has 126 valence electrons. The minimum atomic E-state index is -3.59. The zero-order valence-electron chi connectivity index (χ0n) is 13.3. The van der Waals surface area contributed by atoms with Crippen LogP contribution in [-0.2, 0) is 14.8 Å². The third kappa shape index (κ3) is 4.20. The van der Waals surface area contributed by atoms with Crippen LogP contribution < -0.4 is 9.62 Å². The summed E-state index contributed by atoms with van der Waals surface area (Å²) in [7, 11) is -3.59. The lowest BCUT2D eigenvalue weighted by molar-refractivity contribution is -0.116. The summed E-state index contributed by atoms with van der Waals surface area (Å²) < 4.78 is 27.1. The molecule has 1 aromatic heterocycles. The fraction of sp³-hybridized carbons (Fsp3) is 0.250. The Balaban J connectivity index is 2.11. The second kappa shape index (κ2) is 7.57. The van der Waals surface area contributed by atoms with E-state index < -0.39 is 10.0 Å². The number of benzene rings is 1. The Bertz CT molecular complexity index is 882. The first-order valence-electron chi connectivity index (χ1n) is 7.18. The highest BCUT2D eigenvalue weighted by Gasteiger charge is 2.18. The standard InChI is InChI=1S/C16H17N3O3S2/c1-12-7-8-16(23-12)24(21,22)18-9-10-19(13(2)20)15-6-4-3-5-14(15)11-17/h3-8,18H,9-10H2,1-2H3. The Morgan fingerprint density at radius 3 is 2.58 bits per heavy atom. The molecule has 0 fully saturated rings. The molecule has 2 rings (SSSR count). The number of rotatable bonds is 6. The monoisotopic (exact) mass is 363 g/mol. The molecule has 0 aliphatic heterocycles. The van der Waals surface area contributed by atoms with Gasteiger partial charge in [-0.25, -0.2) is 13.1 Å². The van der Waals surface area contributed by atoms with E-state index in [1.807, 2.05) is 13.0 Å². The molecule has 0 aliphatic rings.